The molecule has 0 N–H and O–H groups in total. The van der Waals surface area contributed by atoms with Gasteiger partial charge >= 0.3 is 0 Å². The van der Waals surface area contributed by atoms with E-state index in [0.717, 1.165) is 29.9 Å². The lowest BCUT2D eigenvalue weighted by atomic mass is 9.89. The molecular formula is C22H33NO. The van der Waals surface area contributed by atoms with Crippen LogP contribution in [0.2, 0.25) is 0 Å². The van der Waals surface area contributed by atoms with Crippen molar-refractivity contribution >= 4 is 5.57 Å². The Morgan fingerprint density at radius 2 is 1.83 bits per heavy atom. The third kappa shape index (κ3) is 5.71. The van der Waals surface area contributed by atoms with E-state index in [9.17, 15) is 0 Å². The van der Waals surface area contributed by atoms with Crippen LogP contribution in [0, 0.1) is 11.3 Å². The van der Waals surface area contributed by atoms with Gasteiger partial charge < -0.3 is 4.74 Å². The van der Waals surface area contributed by atoms with Crippen LogP contribution in [-0.2, 0) is 0 Å². The molecule has 1 aromatic rings. The minimum absolute atomic E-state index is 0.392. The molecule has 0 saturated heterocycles. The smallest absolute Gasteiger partial charge is 0.130 e. The summed E-state index contributed by atoms with van der Waals surface area (Å²) in [6, 6.07) is 6.63. The van der Waals surface area contributed by atoms with Gasteiger partial charge in [-0.1, -0.05) is 59.9 Å². The molecule has 0 radical (unpaired) electrons. The van der Waals surface area contributed by atoms with Crippen molar-refractivity contribution in [3.8, 4) is 11.8 Å². The number of hydrogen-bond donors (Lipinski definition) is 0. The molecule has 1 rings (SSSR count). The summed E-state index contributed by atoms with van der Waals surface area (Å²) >= 11 is 0. The molecule has 0 unspecified atom stereocenters. The third-order valence-electron chi connectivity index (χ3n) is 4.38. The number of unbranched alkanes of at least 4 members (excludes halogenated alkanes) is 3. The highest BCUT2D eigenvalue weighted by Gasteiger charge is 2.17. The zero-order chi connectivity index (χ0) is 18.1. The lowest BCUT2D eigenvalue weighted by molar-refractivity contribution is 0.300. The summed E-state index contributed by atoms with van der Waals surface area (Å²) in [5, 5.41) is 9.05. The SMILES string of the molecule is CCCCCCOc1c(/C(C)=C\C#N)cc(C(C)C)cc1C(C)C. The molecule has 24 heavy (non-hydrogen) atoms. The normalized spacial score (nSPS) is 11.9. The molecule has 132 valence electrons. The zero-order valence-electron chi connectivity index (χ0n) is 16.3. The van der Waals surface area contributed by atoms with Crippen LogP contribution in [0.5, 0.6) is 5.75 Å². The summed E-state index contributed by atoms with van der Waals surface area (Å²) in [6.07, 6.45) is 6.40. The van der Waals surface area contributed by atoms with E-state index >= 15 is 0 Å². The molecule has 0 amide bonds. The fraction of sp³-hybridized carbons (Fsp3) is 0.591. The minimum Gasteiger partial charge on any atom is -0.493 e. The molecule has 0 aliphatic carbocycles. The zero-order valence-corrected chi connectivity index (χ0v) is 16.3. The number of rotatable bonds is 9. The van der Waals surface area contributed by atoms with Crippen molar-refractivity contribution in [2.24, 2.45) is 0 Å². The van der Waals surface area contributed by atoms with Crippen LogP contribution < -0.4 is 4.74 Å². The van der Waals surface area contributed by atoms with Crippen LogP contribution in [0.1, 0.15) is 95.8 Å². The van der Waals surface area contributed by atoms with E-state index < -0.39 is 0 Å². The molecule has 0 fully saturated rings. The lowest BCUT2D eigenvalue weighted by Gasteiger charge is -2.21. The number of hydrogen-bond acceptors (Lipinski definition) is 2. The first-order chi connectivity index (χ1) is 11.4. The summed E-state index contributed by atoms with van der Waals surface area (Å²) in [4.78, 5) is 0. The second kappa shape index (κ2) is 10.2. The van der Waals surface area contributed by atoms with Crippen molar-refractivity contribution in [3.63, 3.8) is 0 Å². The van der Waals surface area contributed by atoms with Crippen LogP contribution in [0.3, 0.4) is 0 Å². The monoisotopic (exact) mass is 327 g/mol. The van der Waals surface area contributed by atoms with Crippen molar-refractivity contribution in [2.45, 2.75) is 79.1 Å². The van der Waals surface area contributed by atoms with Crippen molar-refractivity contribution in [2.75, 3.05) is 6.61 Å². The van der Waals surface area contributed by atoms with E-state index in [1.54, 1.807) is 6.08 Å². The van der Waals surface area contributed by atoms with Crippen molar-refractivity contribution < 1.29 is 4.74 Å². The summed E-state index contributed by atoms with van der Waals surface area (Å²) < 4.78 is 6.23. The van der Waals surface area contributed by atoms with Crippen LogP contribution >= 0.6 is 0 Å². The number of benzene rings is 1. The topological polar surface area (TPSA) is 33.0 Å². The molecule has 0 spiro atoms. The molecule has 0 atom stereocenters. The van der Waals surface area contributed by atoms with E-state index in [1.807, 2.05) is 6.92 Å². The average molecular weight is 328 g/mol. The van der Waals surface area contributed by atoms with Gasteiger partial charge in [-0.05, 0) is 47.9 Å². The van der Waals surface area contributed by atoms with Crippen LogP contribution in [0.4, 0.5) is 0 Å². The Balaban J connectivity index is 3.24. The lowest BCUT2D eigenvalue weighted by Crippen LogP contribution is -2.06. The third-order valence-corrected chi connectivity index (χ3v) is 4.38. The molecule has 0 aliphatic rings. The minimum atomic E-state index is 0.392. The van der Waals surface area contributed by atoms with E-state index in [4.69, 9.17) is 10.00 Å². The molecule has 1 aromatic carbocycles. The van der Waals surface area contributed by atoms with Gasteiger partial charge in [0.05, 0.1) is 12.7 Å². The molecule has 0 aliphatic heterocycles. The van der Waals surface area contributed by atoms with Gasteiger partial charge in [-0.15, -0.1) is 0 Å². The van der Waals surface area contributed by atoms with Crippen LogP contribution in [0.25, 0.3) is 5.57 Å². The summed E-state index contributed by atoms with van der Waals surface area (Å²) in [5.41, 5.74) is 4.60. The van der Waals surface area contributed by atoms with Crippen molar-refractivity contribution in [3.05, 3.63) is 34.9 Å². The van der Waals surface area contributed by atoms with Gasteiger partial charge in [0.15, 0.2) is 0 Å². The van der Waals surface area contributed by atoms with Gasteiger partial charge in [-0.2, -0.15) is 5.26 Å². The maximum Gasteiger partial charge on any atom is 0.130 e. The second-order valence-corrected chi connectivity index (χ2v) is 7.16. The first kappa shape index (κ1) is 20.3. The average Bonchev–Trinajstić information content (AvgIpc) is 2.54. The van der Waals surface area contributed by atoms with E-state index in [2.05, 4.69) is 52.8 Å². The van der Waals surface area contributed by atoms with Gasteiger partial charge in [0.2, 0.25) is 0 Å². The standard InChI is InChI=1S/C22H33NO/c1-7-8-9-10-13-24-22-20(17(4)5)14-19(16(2)3)15-21(22)18(6)11-12-23/h11,14-17H,7-10,13H2,1-6H3/b18-11-. The molecule has 2 nitrogen and oxygen atoms in total. The number of ether oxygens (including phenoxy) is 1. The van der Waals surface area contributed by atoms with E-state index in [-0.39, 0.29) is 0 Å². The highest BCUT2D eigenvalue weighted by Crippen LogP contribution is 2.37. The van der Waals surface area contributed by atoms with Crippen LogP contribution in [0.15, 0.2) is 18.2 Å². The summed E-state index contributed by atoms with van der Waals surface area (Å²) in [7, 11) is 0. The molecule has 0 saturated carbocycles. The van der Waals surface area contributed by atoms with Gasteiger partial charge in [0.1, 0.15) is 5.75 Å². The second-order valence-electron chi connectivity index (χ2n) is 7.16. The number of allylic oxidation sites excluding steroid dienone is 2. The maximum absolute atomic E-state index is 9.05. The first-order valence-electron chi connectivity index (χ1n) is 9.29. The Morgan fingerprint density at radius 3 is 2.38 bits per heavy atom. The van der Waals surface area contributed by atoms with Crippen LogP contribution in [-0.4, -0.2) is 6.61 Å². The van der Waals surface area contributed by atoms with Gasteiger partial charge in [0.25, 0.3) is 0 Å². The van der Waals surface area contributed by atoms with Crippen molar-refractivity contribution in [1.82, 2.24) is 0 Å². The Labute approximate surface area is 148 Å². The fourth-order valence-electron chi connectivity index (χ4n) is 2.77. The maximum atomic E-state index is 9.05. The number of nitrogens with zero attached hydrogens (tertiary/aromatic N) is 1. The van der Waals surface area contributed by atoms with Gasteiger partial charge in [-0.3, -0.25) is 0 Å². The highest BCUT2D eigenvalue weighted by atomic mass is 16.5. The Morgan fingerprint density at radius 1 is 1.12 bits per heavy atom. The largest absolute Gasteiger partial charge is 0.493 e. The predicted molar refractivity (Wildman–Crippen MR) is 104 cm³/mol. The quantitative estimate of drug-likeness (QED) is 0.368. The fourth-order valence-corrected chi connectivity index (χ4v) is 2.77. The summed E-state index contributed by atoms with van der Waals surface area (Å²) in [6.45, 7) is 13.8. The highest BCUT2D eigenvalue weighted by molar-refractivity contribution is 5.73. The molecular weight excluding hydrogens is 294 g/mol. The van der Waals surface area contributed by atoms with Crippen molar-refractivity contribution in [1.29, 1.82) is 5.26 Å². The molecule has 2 heteroatoms. The van der Waals surface area contributed by atoms with E-state index in [0.29, 0.717) is 11.8 Å². The molecule has 0 aromatic heterocycles. The Kier molecular flexibility index (Phi) is 8.61. The summed E-state index contributed by atoms with van der Waals surface area (Å²) in [5.74, 6) is 1.81. The van der Waals surface area contributed by atoms with E-state index in [1.165, 1.54) is 30.4 Å². The predicted octanol–water partition coefficient (Wildman–Crippen LogP) is 6.82. The Bertz CT molecular complexity index is 591. The van der Waals surface area contributed by atoms with Gasteiger partial charge in [0, 0.05) is 11.6 Å². The number of nitriles is 1. The Hall–Kier alpha value is -1.75. The van der Waals surface area contributed by atoms with Gasteiger partial charge in [-0.25, -0.2) is 0 Å². The molecule has 0 bridgehead atoms. The first-order valence-corrected chi connectivity index (χ1v) is 9.29. The molecule has 0 heterocycles.